The first-order valence-corrected chi connectivity index (χ1v) is 4.91. The smallest absolute Gasteiger partial charge is 0.219 e. The summed E-state index contributed by atoms with van der Waals surface area (Å²) in [7, 11) is 0. The SMILES string of the molecule is CC(=O)N1CCC[C@@H](c2cnco2)C1. The van der Waals surface area contributed by atoms with E-state index in [2.05, 4.69) is 4.98 Å². The largest absolute Gasteiger partial charge is 0.448 e. The predicted octanol–water partition coefficient (Wildman–Crippen LogP) is 1.40. The summed E-state index contributed by atoms with van der Waals surface area (Å²) in [5, 5.41) is 0. The van der Waals surface area contributed by atoms with Crippen molar-refractivity contribution in [3.05, 3.63) is 18.4 Å². The minimum atomic E-state index is 0.147. The van der Waals surface area contributed by atoms with Gasteiger partial charge >= 0.3 is 0 Å². The van der Waals surface area contributed by atoms with Gasteiger partial charge in [-0.15, -0.1) is 0 Å². The van der Waals surface area contributed by atoms with Gasteiger partial charge in [-0.25, -0.2) is 4.98 Å². The molecule has 0 radical (unpaired) electrons. The van der Waals surface area contributed by atoms with Crippen molar-refractivity contribution >= 4 is 5.91 Å². The lowest BCUT2D eigenvalue weighted by Crippen LogP contribution is -2.37. The molecule has 0 spiro atoms. The summed E-state index contributed by atoms with van der Waals surface area (Å²) in [5.74, 6) is 1.38. The quantitative estimate of drug-likeness (QED) is 0.678. The van der Waals surface area contributed by atoms with Gasteiger partial charge in [-0.05, 0) is 12.8 Å². The van der Waals surface area contributed by atoms with Crippen molar-refractivity contribution in [1.82, 2.24) is 9.88 Å². The lowest BCUT2D eigenvalue weighted by Gasteiger charge is -2.30. The van der Waals surface area contributed by atoms with Gasteiger partial charge in [0.05, 0.1) is 6.20 Å². The number of hydrogen-bond donors (Lipinski definition) is 0. The van der Waals surface area contributed by atoms with E-state index >= 15 is 0 Å². The van der Waals surface area contributed by atoms with Crippen LogP contribution in [0.4, 0.5) is 0 Å². The number of piperidine rings is 1. The number of oxazole rings is 1. The van der Waals surface area contributed by atoms with E-state index in [1.165, 1.54) is 6.39 Å². The summed E-state index contributed by atoms with van der Waals surface area (Å²) in [6.07, 6.45) is 5.32. The number of aromatic nitrogens is 1. The van der Waals surface area contributed by atoms with Gasteiger partial charge in [-0.3, -0.25) is 4.79 Å². The summed E-state index contributed by atoms with van der Waals surface area (Å²) in [6.45, 7) is 3.26. The minimum Gasteiger partial charge on any atom is -0.448 e. The molecule has 14 heavy (non-hydrogen) atoms. The van der Waals surface area contributed by atoms with Crippen LogP contribution in [0.25, 0.3) is 0 Å². The molecule has 4 heteroatoms. The maximum Gasteiger partial charge on any atom is 0.219 e. The Morgan fingerprint density at radius 1 is 1.71 bits per heavy atom. The highest BCUT2D eigenvalue weighted by atomic mass is 16.3. The minimum absolute atomic E-state index is 0.147. The third kappa shape index (κ3) is 1.78. The van der Waals surface area contributed by atoms with E-state index in [1.54, 1.807) is 13.1 Å². The number of carbonyl (C=O) groups excluding carboxylic acids is 1. The first kappa shape index (κ1) is 9.24. The van der Waals surface area contributed by atoms with Crippen molar-refractivity contribution in [2.45, 2.75) is 25.7 Å². The molecular formula is C10H14N2O2. The van der Waals surface area contributed by atoms with Gasteiger partial charge < -0.3 is 9.32 Å². The molecule has 1 fully saturated rings. The number of likely N-dealkylation sites (tertiary alicyclic amines) is 1. The van der Waals surface area contributed by atoms with Crippen LogP contribution in [0.15, 0.2) is 17.0 Å². The van der Waals surface area contributed by atoms with Crippen molar-refractivity contribution in [1.29, 1.82) is 0 Å². The molecule has 1 atom stereocenters. The second kappa shape index (κ2) is 3.82. The van der Waals surface area contributed by atoms with E-state index in [9.17, 15) is 4.79 Å². The van der Waals surface area contributed by atoms with Gasteiger partial charge in [0.1, 0.15) is 5.76 Å². The van der Waals surface area contributed by atoms with Gasteiger partial charge in [0.2, 0.25) is 5.91 Å². The molecule has 2 rings (SSSR count). The number of amides is 1. The number of carbonyl (C=O) groups is 1. The molecule has 76 valence electrons. The Hall–Kier alpha value is -1.32. The van der Waals surface area contributed by atoms with Gasteiger partial charge in [0.15, 0.2) is 6.39 Å². The molecule has 1 aliphatic rings. The van der Waals surface area contributed by atoms with Crippen molar-refractivity contribution in [3.63, 3.8) is 0 Å². The second-order valence-electron chi connectivity index (χ2n) is 3.71. The summed E-state index contributed by atoms with van der Waals surface area (Å²) in [5.41, 5.74) is 0. The normalized spacial score (nSPS) is 22.4. The lowest BCUT2D eigenvalue weighted by molar-refractivity contribution is -0.130. The monoisotopic (exact) mass is 194 g/mol. The molecule has 0 saturated carbocycles. The Bertz CT molecular complexity index is 308. The van der Waals surface area contributed by atoms with Crippen LogP contribution >= 0.6 is 0 Å². The Labute approximate surface area is 82.9 Å². The molecule has 1 aromatic heterocycles. The van der Waals surface area contributed by atoms with E-state index in [4.69, 9.17) is 4.42 Å². The zero-order chi connectivity index (χ0) is 9.97. The third-order valence-electron chi connectivity index (χ3n) is 2.72. The summed E-state index contributed by atoms with van der Waals surface area (Å²) in [4.78, 5) is 17.0. The highest BCUT2D eigenvalue weighted by molar-refractivity contribution is 5.73. The van der Waals surface area contributed by atoms with Crippen LogP contribution in [0.1, 0.15) is 31.4 Å². The molecule has 1 saturated heterocycles. The fourth-order valence-corrected chi connectivity index (χ4v) is 1.92. The van der Waals surface area contributed by atoms with E-state index in [0.717, 1.165) is 31.7 Å². The molecule has 0 unspecified atom stereocenters. The molecular weight excluding hydrogens is 180 g/mol. The third-order valence-corrected chi connectivity index (χ3v) is 2.72. The fourth-order valence-electron chi connectivity index (χ4n) is 1.92. The van der Waals surface area contributed by atoms with Gasteiger partial charge in [-0.2, -0.15) is 0 Å². The van der Waals surface area contributed by atoms with Crippen molar-refractivity contribution in [2.75, 3.05) is 13.1 Å². The molecule has 1 aliphatic heterocycles. The average Bonchev–Trinajstić information content (AvgIpc) is 2.71. The van der Waals surface area contributed by atoms with Gasteiger partial charge in [-0.1, -0.05) is 0 Å². The topological polar surface area (TPSA) is 46.3 Å². The van der Waals surface area contributed by atoms with E-state index in [0.29, 0.717) is 5.92 Å². The number of nitrogens with zero attached hydrogens (tertiary/aromatic N) is 2. The standard InChI is InChI=1S/C10H14N2O2/c1-8(13)12-4-2-3-9(6-12)10-5-11-7-14-10/h5,7,9H,2-4,6H2,1H3/t9-/m1/s1. The molecule has 2 heterocycles. The van der Waals surface area contributed by atoms with Crippen LogP contribution in [0, 0.1) is 0 Å². The molecule has 0 aromatic carbocycles. The van der Waals surface area contributed by atoms with Crippen molar-refractivity contribution in [2.24, 2.45) is 0 Å². The Kier molecular flexibility index (Phi) is 2.52. The van der Waals surface area contributed by atoms with Crippen LogP contribution in [0.5, 0.6) is 0 Å². The maximum atomic E-state index is 11.2. The maximum absolute atomic E-state index is 11.2. The zero-order valence-corrected chi connectivity index (χ0v) is 8.27. The van der Waals surface area contributed by atoms with E-state index < -0.39 is 0 Å². The van der Waals surface area contributed by atoms with E-state index in [-0.39, 0.29) is 5.91 Å². The first-order valence-electron chi connectivity index (χ1n) is 4.91. The van der Waals surface area contributed by atoms with Crippen molar-refractivity contribution in [3.8, 4) is 0 Å². The number of rotatable bonds is 1. The van der Waals surface area contributed by atoms with Crippen LogP contribution in [0.2, 0.25) is 0 Å². The molecule has 0 N–H and O–H groups in total. The molecule has 1 aromatic rings. The first-order chi connectivity index (χ1) is 6.77. The van der Waals surface area contributed by atoms with Crippen LogP contribution < -0.4 is 0 Å². The highest BCUT2D eigenvalue weighted by Crippen LogP contribution is 2.26. The van der Waals surface area contributed by atoms with Crippen LogP contribution in [-0.2, 0) is 4.79 Å². The summed E-state index contributed by atoms with van der Waals surface area (Å²) < 4.78 is 5.25. The molecule has 0 bridgehead atoms. The van der Waals surface area contributed by atoms with Crippen LogP contribution in [0.3, 0.4) is 0 Å². The lowest BCUT2D eigenvalue weighted by atomic mass is 9.96. The Balaban J connectivity index is 2.04. The summed E-state index contributed by atoms with van der Waals surface area (Å²) >= 11 is 0. The number of hydrogen-bond acceptors (Lipinski definition) is 3. The van der Waals surface area contributed by atoms with Crippen molar-refractivity contribution < 1.29 is 9.21 Å². The second-order valence-corrected chi connectivity index (χ2v) is 3.71. The van der Waals surface area contributed by atoms with Crippen LogP contribution in [-0.4, -0.2) is 28.9 Å². The molecule has 0 aliphatic carbocycles. The molecule has 1 amide bonds. The predicted molar refractivity (Wildman–Crippen MR) is 50.7 cm³/mol. The molecule has 4 nitrogen and oxygen atoms in total. The van der Waals surface area contributed by atoms with Gasteiger partial charge in [0, 0.05) is 25.9 Å². The fraction of sp³-hybridized carbons (Fsp3) is 0.600. The zero-order valence-electron chi connectivity index (χ0n) is 8.27. The Morgan fingerprint density at radius 3 is 3.21 bits per heavy atom. The Morgan fingerprint density at radius 2 is 2.57 bits per heavy atom. The summed E-state index contributed by atoms with van der Waals surface area (Å²) in [6, 6.07) is 0. The highest BCUT2D eigenvalue weighted by Gasteiger charge is 2.24. The average molecular weight is 194 g/mol. The van der Waals surface area contributed by atoms with E-state index in [1.807, 2.05) is 4.90 Å². The van der Waals surface area contributed by atoms with Gasteiger partial charge in [0.25, 0.3) is 0 Å².